The van der Waals surface area contributed by atoms with Gasteiger partial charge in [0, 0.05) is 24.0 Å². The van der Waals surface area contributed by atoms with Gasteiger partial charge in [-0.3, -0.25) is 9.59 Å². The van der Waals surface area contributed by atoms with E-state index >= 15 is 0 Å². The van der Waals surface area contributed by atoms with Gasteiger partial charge in [0.1, 0.15) is 5.82 Å². The average Bonchev–Trinajstić information content (AvgIpc) is 3.12. The number of anilines is 1. The molecule has 0 radical (unpaired) electrons. The number of piperidine rings is 1. The van der Waals surface area contributed by atoms with E-state index in [0.29, 0.717) is 35.8 Å². The zero-order valence-corrected chi connectivity index (χ0v) is 14.4. The fourth-order valence-corrected chi connectivity index (χ4v) is 3.59. The summed E-state index contributed by atoms with van der Waals surface area (Å²) in [7, 11) is 0. The lowest BCUT2D eigenvalue weighted by Crippen LogP contribution is -2.41. The zero-order valence-electron chi connectivity index (χ0n) is 12.8. The van der Waals surface area contributed by atoms with Crippen molar-refractivity contribution >= 4 is 40.4 Å². The zero-order chi connectivity index (χ0) is 17.1. The Morgan fingerprint density at radius 1 is 1.25 bits per heavy atom. The lowest BCUT2D eigenvalue weighted by atomic mass is 9.95. The fourth-order valence-electron chi connectivity index (χ4n) is 2.73. The van der Waals surface area contributed by atoms with E-state index in [9.17, 15) is 14.0 Å². The highest BCUT2D eigenvalue weighted by Gasteiger charge is 2.28. The van der Waals surface area contributed by atoms with Crippen molar-refractivity contribution in [1.82, 2.24) is 4.90 Å². The SMILES string of the molecule is O=C(Nc1cc(Cl)ccc1F)C1CCN(C(=O)c2cccs2)CC1. The van der Waals surface area contributed by atoms with E-state index in [1.54, 1.807) is 11.0 Å². The summed E-state index contributed by atoms with van der Waals surface area (Å²) in [5.41, 5.74) is 0.0876. The molecule has 1 aliphatic rings. The van der Waals surface area contributed by atoms with Crippen LogP contribution in [-0.4, -0.2) is 29.8 Å². The van der Waals surface area contributed by atoms with E-state index < -0.39 is 5.82 Å². The van der Waals surface area contributed by atoms with Crippen LogP contribution in [0.25, 0.3) is 0 Å². The summed E-state index contributed by atoms with van der Waals surface area (Å²) in [6.07, 6.45) is 1.12. The molecule has 1 saturated heterocycles. The van der Waals surface area contributed by atoms with Gasteiger partial charge >= 0.3 is 0 Å². The molecule has 0 unspecified atom stereocenters. The van der Waals surface area contributed by atoms with Crippen molar-refractivity contribution in [2.24, 2.45) is 5.92 Å². The first-order valence-electron chi connectivity index (χ1n) is 7.63. The van der Waals surface area contributed by atoms with Gasteiger partial charge in [0.05, 0.1) is 10.6 Å². The Labute approximate surface area is 148 Å². The lowest BCUT2D eigenvalue weighted by Gasteiger charge is -2.31. The van der Waals surface area contributed by atoms with Crippen LogP contribution in [0.4, 0.5) is 10.1 Å². The van der Waals surface area contributed by atoms with Crippen molar-refractivity contribution in [2.75, 3.05) is 18.4 Å². The van der Waals surface area contributed by atoms with E-state index in [1.165, 1.54) is 29.5 Å². The summed E-state index contributed by atoms with van der Waals surface area (Å²) in [6.45, 7) is 1.04. The minimum Gasteiger partial charge on any atom is -0.338 e. The molecule has 2 amide bonds. The summed E-state index contributed by atoms with van der Waals surface area (Å²) in [6, 6.07) is 7.69. The predicted octanol–water partition coefficient (Wildman–Crippen LogP) is 4.03. The van der Waals surface area contributed by atoms with Crippen LogP contribution < -0.4 is 5.32 Å². The Balaban J connectivity index is 1.57. The van der Waals surface area contributed by atoms with E-state index in [2.05, 4.69) is 5.32 Å². The molecular formula is C17H16ClFN2O2S. The molecule has 1 aromatic heterocycles. The number of rotatable bonds is 3. The molecule has 0 bridgehead atoms. The summed E-state index contributed by atoms with van der Waals surface area (Å²) in [5.74, 6) is -0.988. The Hall–Kier alpha value is -1.92. The molecule has 126 valence electrons. The number of halogens is 2. The Morgan fingerprint density at radius 3 is 2.67 bits per heavy atom. The van der Waals surface area contributed by atoms with Gasteiger partial charge in [0.25, 0.3) is 5.91 Å². The number of hydrogen-bond acceptors (Lipinski definition) is 3. The number of nitrogens with one attached hydrogen (secondary N) is 1. The van der Waals surface area contributed by atoms with Crippen molar-refractivity contribution in [1.29, 1.82) is 0 Å². The molecule has 24 heavy (non-hydrogen) atoms. The van der Waals surface area contributed by atoms with Gasteiger partial charge in [-0.1, -0.05) is 17.7 Å². The summed E-state index contributed by atoms with van der Waals surface area (Å²) in [4.78, 5) is 27.1. The molecule has 1 fully saturated rings. The van der Waals surface area contributed by atoms with Gasteiger partial charge < -0.3 is 10.2 Å². The summed E-state index contributed by atoms with van der Waals surface area (Å²) >= 11 is 7.24. The van der Waals surface area contributed by atoms with Crippen molar-refractivity contribution in [3.05, 3.63) is 51.4 Å². The number of thiophene rings is 1. The van der Waals surface area contributed by atoms with Crippen molar-refractivity contribution in [3.8, 4) is 0 Å². The van der Waals surface area contributed by atoms with Crippen molar-refractivity contribution in [2.45, 2.75) is 12.8 Å². The van der Waals surface area contributed by atoms with E-state index in [0.717, 1.165) is 0 Å². The summed E-state index contributed by atoms with van der Waals surface area (Å²) < 4.78 is 13.7. The Morgan fingerprint density at radius 2 is 2.00 bits per heavy atom. The average molecular weight is 367 g/mol. The van der Waals surface area contributed by atoms with E-state index in [1.807, 2.05) is 11.4 Å². The Kier molecular flexibility index (Phi) is 5.16. The maximum absolute atomic E-state index is 13.7. The molecule has 0 atom stereocenters. The largest absolute Gasteiger partial charge is 0.338 e. The van der Waals surface area contributed by atoms with E-state index in [4.69, 9.17) is 11.6 Å². The normalized spacial score (nSPS) is 15.3. The third kappa shape index (κ3) is 3.76. The first-order valence-corrected chi connectivity index (χ1v) is 8.89. The molecule has 2 aromatic rings. The summed E-state index contributed by atoms with van der Waals surface area (Å²) in [5, 5.41) is 4.82. The molecule has 1 N–H and O–H groups in total. The predicted molar refractivity (Wildman–Crippen MR) is 93.0 cm³/mol. The molecular weight excluding hydrogens is 351 g/mol. The van der Waals surface area contributed by atoms with Gasteiger partial charge in [0.2, 0.25) is 5.91 Å². The highest BCUT2D eigenvalue weighted by Crippen LogP contribution is 2.24. The second-order valence-corrected chi connectivity index (χ2v) is 7.04. The molecule has 1 aliphatic heterocycles. The second-order valence-electron chi connectivity index (χ2n) is 5.66. The second kappa shape index (κ2) is 7.32. The number of likely N-dealkylation sites (tertiary alicyclic amines) is 1. The molecule has 0 aliphatic carbocycles. The van der Waals surface area contributed by atoms with Crippen molar-refractivity contribution in [3.63, 3.8) is 0 Å². The monoisotopic (exact) mass is 366 g/mol. The van der Waals surface area contributed by atoms with Crippen LogP contribution in [0.1, 0.15) is 22.5 Å². The maximum Gasteiger partial charge on any atom is 0.263 e. The minimum absolute atomic E-state index is 0.00439. The molecule has 0 saturated carbocycles. The number of amides is 2. The van der Waals surface area contributed by atoms with Crippen LogP contribution in [0.3, 0.4) is 0 Å². The highest BCUT2D eigenvalue weighted by molar-refractivity contribution is 7.12. The van der Waals surface area contributed by atoms with Crippen LogP contribution in [0, 0.1) is 11.7 Å². The first kappa shape index (κ1) is 16.9. The topological polar surface area (TPSA) is 49.4 Å². The molecule has 4 nitrogen and oxygen atoms in total. The highest BCUT2D eigenvalue weighted by atomic mass is 35.5. The quantitative estimate of drug-likeness (QED) is 0.891. The molecule has 7 heteroatoms. The number of carbonyl (C=O) groups excluding carboxylic acids is 2. The molecule has 3 rings (SSSR count). The maximum atomic E-state index is 13.7. The lowest BCUT2D eigenvalue weighted by molar-refractivity contribution is -0.121. The third-order valence-electron chi connectivity index (χ3n) is 4.07. The number of hydrogen-bond donors (Lipinski definition) is 1. The van der Waals surface area contributed by atoms with Crippen LogP contribution in [0.5, 0.6) is 0 Å². The van der Waals surface area contributed by atoms with E-state index in [-0.39, 0.29) is 23.4 Å². The number of carbonyl (C=O) groups is 2. The third-order valence-corrected chi connectivity index (χ3v) is 5.16. The van der Waals surface area contributed by atoms with Gasteiger partial charge in [-0.2, -0.15) is 0 Å². The van der Waals surface area contributed by atoms with Crippen molar-refractivity contribution < 1.29 is 14.0 Å². The Bertz CT molecular complexity index is 743. The molecule has 1 aromatic carbocycles. The van der Waals surface area contributed by atoms with Gasteiger partial charge in [-0.15, -0.1) is 11.3 Å². The van der Waals surface area contributed by atoms with Gasteiger partial charge in [0.15, 0.2) is 0 Å². The van der Waals surface area contributed by atoms with Crippen LogP contribution in [0.15, 0.2) is 35.7 Å². The minimum atomic E-state index is -0.516. The fraction of sp³-hybridized carbons (Fsp3) is 0.294. The molecule has 2 heterocycles. The number of benzene rings is 1. The standard InChI is InChI=1S/C17H16ClFN2O2S/c18-12-3-4-13(19)14(10-12)20-16(22)11-5-7-21(8-6-11)17(23)15-2-1-9-24-15/h1-4,9-11H,5-8H2,(H,20,22). The smallest absolute Gasteiger partial charge is 0.263 e. The van der Waals surface area contributed by atoms with Crippen LogP contribution >= 0.6 is 22.9 Å². The van der Waals surface area contributed by atoms with Crippen LogP contribution in [0.2, 0.25) is 5.02 Å². The molecule has 0 spiro atoms. The van der Waals surface area contributed by atoms with Gasteiger partial charge in [-0.05, 0) is 42.5 Å². The van der Waals surface area contributed by atoms with Gasteiger partial charge in [-0.25, -0.2) is 4.39 Å². The number of nitrogens with zero attached hydrogens (tertiary/aromatic N) is 1. The first-order chi connectivity index (χ1) is 11.5. The van der Waals surface area contributed by atoms with Crippen LogP contribution in [-0.2, 0) is 4.79 Å².